The highest BCUT2D eigenvalue weighted by molar-refractivity contribution is 5.79. The van der Waals surface area contributed by atoms with Crippen molar-refractivity contribution in [2.24, 2.45) is 11.8 Å². The smallest absolute Gasteiger partial charge is 0.357 e. The molecule has 250 valence electrons. The fraction of sp³-hybridized carbons (Fsp3) is 0.788. The van der Waals surface area contributed by atoms with Gasteiger partial charge in [-0.1, -0.05) is 60.8 Å². The van der Waals surface area contributed by atoms with Gasteiger partial charge in [-0.2, -0.15) is 13.2 Å². The maximum Gasteiger partial charge on any atom is 0.416 e. The number of nitrogens with zero attached hydrogens (tertiary/aromatic N) is 3. The lowest BCUT2D eigenvalue weighted by Crippen LogP contribution is -2.50. The summed E-state index contributed by atoms with van der Waals surface area (Å²) < 4.78 is 39.0. The molecular weight excluding hydrogens is 555 g/mol. The number of halogens is 3. The molecule has 2 fully saturated rings. The summed E-state index contributed by atoms with van der Waals surface area (Å²) in [7, 11) is 0. The average molecular weight is 616 g/mol. The lowest BCUT2D eigenvalue weighted by Gasteiger charge is -2.36. The van der Waals surface area contributed by atoms with Gasteiger partial charge in [0.1, 0.15) is 5.82 Å². The van der Waals surface area contributed by atoms with Gasteiger partial charge in [0.05, 0.1) is 5.56 Å². The van der Waals surface area contributed by atoms with Gasteiger partial charge >= 0.3 is 6.18 Å². The quantitative estimate of drug-likeness (QED) is 0.270. The normalized spacial score (nSPS) is 19.6. The molecule has 43 heavy (non-hydrogen) atoms. The molecule has 2 amide bonds. The number of hydrogen-bond acceptors (Lipinski definition) is 5. The van der Waals surface area contributed by atoms with Crippen LogP contribution >= 0.6 is 0 Å². The van der Waals surface area contributed by atoms with Gasteiger partial charge in [0.25, 0.3) is 0 Å². The van der Waals surface area contributed by atoms with E-state index in [1.165, 1.54) is 31.9 Å². The number of nitrogens with one attached hydrogen (secondary N) is 2. The number of amides is 2. The zero-order chi connectivity index (χ0) is 33.0. The Bertz CT molecular complexity index is 876. The van der Waals surface area contributed by atoms with E-state index in [2.05, 4.69) is 50.2 Å². The second kappa shape index (κ2) is 22.2. The van der Waals surface area contributed by atoms with E-state index in [0.29, 0.717) is 56.4 Å². The Morgan fingerprint density at radius 1 is 1.07 bits per heavy atom. The topological polar surface area (TPSA) is 77.6 Å². The first-order valence-corrected chi connectivity index (χ1v) is 16.4. The van der Waals surface area contributed by atoms with E-state index in [1.54, 1.807) is 0 Å². The molecule has 2 heterocycles. The summed E-state index contributed by atoms with van der Waals surface area (Å²) in [6, 6.07) is 3.21. The van der Waals surface area contributed by atoms with Crippen LogP contribution in [0, 0.1) is 11.8 Å². The summed E-state index contributed by atoms with van der Waals surface area (Å²) >= 11 is 0. The molecule has 0 bridgehead atoms. The summed E-state index contributed by atoms with van der Waals surface area (Å²) in [5, 5.41) is 6.30. The van der Waals surface area contributed by atoms with Crippen molar-refractivity contribution in [2.75, 3.05) is 31.1 Å². The van der Waals surface area contributed by atoms with Crippen LogP contribution in [0.5, 0.6) is 0 Å². The molecule has 1 aromatic heterocycles. The number of piperazine rings is 1. The zero-order valence-corrected chi connectivity index (χ0v) is 28.3. The van der Waals surface area contributed by atoms with Crippen molar-refractivity contribution in [2.45, 2.75) is 132 Å². The maximum absolute atomic E-state index is 13.1. The fourth-order valence-electron chi connectivity index (χ4n) is 5.36. The van der Waals surface area contributed by atoms with E-state index in [4.69, 9.17) is 0 Å². The molecule has 0 aromatic carbocycles. The van der Waals surface area contributed by atoms with Crippen molar-refractivity contribution < 1.29 is 22.8 Å². The number of hydrogen-bond donors (Lipinski definition) is 2. The molecule has 0 radical (unpaired) electrons. The third kappa shape index (κ3) is 15.3. The minimum absolute atomic E-state index is 0.0455. The Labute approximate surface area is 259 Å². The molecule has 3 rings (SSSR count). The standard InChI is InChI=1S/C24H37F3N4O.C4H9NO.C3H8.C2H6/c1-4-6-18(5-2)17(3)29-21-8-7-19(15-21)23(32)31-13-11-30(12-14-31)22-16-20(9-10-28-22)24(25,26)27;1-4(2)5-3-6;1-3-2;1-2/h9-10,16-19,21,29H,4-8,11-15H2,1-3H3;3-4H,1-2H3,(H,5,6);3H2,1-2H3;1-2H3. The number of carbonyl (C=O) groups excluding carboxylic acids is 2. The highest BCUT2D eigenvalue weighted by Crippen LogP contribution is 2.32. The Balaban J connectivity index is 0.00000139. The summed E-state index contributed by atoms with van der Waals surface area (Å²) in [5.41, 5.74) is -0.691. The zero-order valence-electron chi connectivity index (χ0n) is 28.3. The van der Waals surface area contributed by atoms with Crippen LogP contribution in [0.1, 0.15) is 113 Å². The van der Waals surface area contributed by atoms with Gasteiger partial charge in [0, 0.05) is 56.4 Å². The largest absolute Gasteiger partial charge is 0.416 e. The Hall–Kier alpha value is -2.36. The number of pyridine rings is 1. The van der Waals surface area contributed by atoms with E-state index in [0.717, 1.165) is 31.4 Å². The summed E-state index contributed by atoms with van der Waals surface area (Å²) in [4.78, 5) is 30.4. The Morgan fingerprint density at radius 3 is 2.14 bits per heavy atom. The summed E-state index contributed by atoms with van der Waals surface area (Å²) in [6.07, 6.45) is 5.16. The molecule has 4 atom stereocenters. The molecule has 10 heteroatoms. The minimum Gasteiger partial charge on any atom is -0.357 e. The van der Waals surface area contributed by atoms with Crippen molar-refractivity contribution in [3.63, 3.8) is 0 Å². The van der Waals surface area contributed by atoms with Crippen LogP contribution in [0.2, 0.25) is 0 Å². The first-order chi connectivity index (χ1) is 20.4. The first kappa shape index (κ1) is 40.6. The molecule has 1 aromatic rings. The second-order valence-electron chi connectivity index (χ2n) is 11.5. The second-order valence-corrected chi connectivity index (χ2v) is 11.5. The average Bonchev–Trinajstić information content (AvgIpc) is 3.45. The fourth-order valence-corrected chi connectivity index (χ4v) is 5.36. The SMILES string of the molecule is CC.CC(C)NC=O.CCC.CCCC(CC)C(C)NC1CCC(C(=O)N2CCN(c3cc(C(F)(F)F)ccn3)CC2)C1. The Morgan fingerprint density at radius 2 is 1.67 bits per heavy atom. The molecule has 7 nitrogen and oxygen atoms in total. The predicted octanol–water partition coefficient (Wildman–Crippen LogP) is 7.31. The number of aromatic nitrogens is 1. The molecule has 1 aliphatic carbocycles. The number of anilines is 1. The van der Waals surface area contributed by atoms with Crippen LogP contribution in [-0.4, -0.2) is 66.5 Å². The van der Waals surface area contributed by atoms with Gasteiger partial charge in [-0.05, 0) is 64.5 Å². The van der Waals surface area contributed by atoms with Crippen molar-refractivity contribution >= 4 is 18.1 Å². The monoisotopic (exact) mass is 615 g/mol. The van der Waals surface area contributed by atoms with Crippen molar-refractivity contribution in [1.82, 2.24) is 20.5 Å². The van der Waals surface area contributed by atoms with E-state index >= 15 is 0 Å². The third-order valence-corrected chi connectivity index (χ3v) is 7.56. The molecule has 1 saturated heterocycles. The van der Waals surface area contributed by atoms with Gasteiger partial charge in [0.2, 0.25) is 12.3 Å². The van der Waals surface area contributed by atoms with Crippen LogP contribution in [0.3, 0.4) is 0 Å². The molecule has 1 aliphatic heterocycles. The molecule has 4 unspecified atom stereocenters. The number of rotatable bonds is 10. The minimum atomic E-state index is -4.38. The van der Waals surface area contributed by atoms with Crippen LogP contribution in [0.4, 0.5) is 19.0 Å². The number of carbonyl (C=O) groups is 2. The predicted molar refractivity (Wildman–Crippen MR) is 172 cm³/mol. The highest BCUT2D eigenvalue weighted by Gasteiger charge is 2.35. The van der Waals surface area contributed by atoms with Crippen LogP contribution in [-0.2, 0) is 15.8 Å². The molecule has 0 spiro atoms. The van der Waals surface area contributed by atoms with Crippen molar-refractivity contribution in [3.05, 3.63) is 23.9 Å². The van der Waals surface area contributed by atoms with Crippen molar-refractivity contribution in [3.8, 4) is 0 Å². The van der Waals surface area contributed by atoms with Gasteiger partial charge in [-0.25, -0.2) is 4.98 Å². The third-order valence-electron chi connectivity index (χ3n) is 7.56. The van der Waals surface area contributed by atoms with Gasteiger partial charge in [-0.3, -0.25) is 9.59 Å². The highest BCUT2D eigenvalue weighted by atomic mass is 19.4. The van der Waals surface area contributed by atoms with E-state index < -0.39 is 11.7 Å². The molecule has 2 aliphatic rings. The van der Waals surface area contributed by atoms with Gasteiger partial charge < -0.3 is 20.4 Å². The van der Waals surface area contributed by atoms with Crippen LogP contribution < -0.4 is 15.5 Å². The van der Waals surface area contributed by atoms with Crippen molar-refractivity contribution in [1.29, 1.82) is 0 Å². The molecule has 1 saturated carbocycles. The van der Waals surface area contributed by atoms with Crippen LogP contribution in [0.15, 0.2) is 18.3 Å². The lowest BCUT2D eigenvalue weighted by atomic mass is 9.92. The maximum atomic E-state index is 13.1. The lowest BCUT2D eigenvalue weighted by molar-refractivity contribution is -0.137. The van der Waals surface area contributed by atoms with Gasteiger partial charge in [0.15, 0.2) is 0 Å². The van der Waals surface area contributed by atoms with Gasteiger partial charge in [-0.15, -0.1) is 0 Å². The Kier molecular flexibility index (Phi) is 21.0. The van der Waals surface area contributed by atoms with E-state index in [-0.39, 0.29) is 17.9 Å². The van der Waals surface area contributed by atoms with Crippen LogP contribution in [0.25, 0.3) is 0 Å². The summed E-state index contributed by atoms with van der Waals surface area (Å²) in [5.74, 6) is 1.24. The molecular formula is C33H60F3N5O2. The van der Waals surface area contributed by atoms with E-state index in [9.17, 15) is 22.8 Å². The summed E-state index contributed by atoms with van der Waals surface area (Å²) in [6.45, 7) is 20.9. The number of alkyl halides is 3. The first-order valence-electron chi connectivity index (χ1n) is 16.4. The van der Waals surface area contributed by atoms with E-state index in [1.807, 2.05) is 37.5 Å². The molecule has 2 N–H and O–H groups in total.